The van der Waals surface area contributed by atoms with Gasteiger partial charge >= 0.3 is 11.9 Å². The maximum Gasteiger partial charge on any atom is 0.416 e. The smallest absolute Gasteiger partial charge is 0.416 e. The van der Waals surface area contributed by atoms with Crippen molar-refractivity contribution >= 4 is 24.9 Å². The van der Waals surface area contributed by atoms with Gasteiger partial charge < -0.3 is 23.8 Å². The Morgan fingerprint density at radius 1 is 1.19 bits per heavy atom. The Morgan fingerprint density at radius 3 is 2.37 bits per heavy atom. The highest BCUT2D eigenvalue weighted by atomic mass is 35.5. The standard InChI is InChI=1S/C14H10ClF3NO7P/c15-10-5-8(14(16,17)18)1-4-12(10)26-9-2-3-11(19(20)21)13(6-9)25-7-27(22,23)24/h1-6H,7H2,(H2-,20,21,22,23,24). The Bertz CT molecular complexity index is 916. The highest BCUT2D eigenvalue weighted by molar-refractivity contribution is 7.50. The molecule has 2 rings (SSSR count). The van der Waals surface area contributed by atoms with E-state index in [1.165, 1.54) is 0 Å². The molecule has 2 N–H and O–H groups in total. The molecule has 0 heterocycles. The minimum Gasteiger partial charge on any atom is -0.776 e. The minimum atomic E-state index is -4.84. The molecule has 1 unspecified atom stereocenters. The van der Waals surface area contributed by atoms with Crippen molar-refractivity contribution in [1.82, 2.24) is 0 Å². The van der Waals surface area contributed by atoms with E-state index in [1.807, 2.05) is 0 Å². The summed E-state index contributed by atoms with van der Waals surface area (Å²) in [5, 5.41) is 8.63. The lowest BCUT2D eigenvalue weighted by Crippen LogP contribution is -2.09. The molecule has 2 aromatic carbocycles. The molecule has 0 fully saturated rings. The molecule has 146 valence electrons. The highest BCUT2D eigenvalue weighted by Crippen LogP contribution is 2.39. The second-order valence-electron chi connectivity index (χ2n) is 5.06. The van der Waals surface area contributed by atoms with Gasteiger partial charge in [0, 0.05) is 12.1 Å². The number of benzene rings is 2. The molecule has 0 saturated heterocycles. The third-order valence-electron chi connectivity index (χ3n) is 3.01. The first-order chi connectivity index (χ1) is 12.4. The van der Waals surface area contributed by atoms with Crippen LogP contribution >= 0.6 is 19.2 Å². The Balaban J connectivity index is 2.31. The molecule has 0 aliphatic heterocycles. The van der Waals surface area contributed by atoms with Gasteiger partial charge in [-0.1, -0.05) is 11.6 Å². The number of alkyl halides is 3. The number of rotatable bonds is 6. The van der Waals surface area contributed by atoms with Crippen molar-refractivity contribution in [2.45, 2.75) is 6.18 Å². The molecule has 27 heavy (non-hydrogen) atoms. The van der Waals surface area contributed by atoms with E-state index in [0.717, 1.165) is 30.3 Å². The van der Waals surface area contributed by atoms with E-state index in [-0.39, 0.29) is 16.5 Å². The zero-order valence-electron chi connectivity index (χ0n) is 13.0. The third-order valence-corrected chi connectivity index (χ3v) is 3.76. The number of ether oxygens (including phenoxy) is 2. The predicted molar refractivity (Wildman–Crippen MR) is 83.4 cm³/mol. The first-order valence-corrected chi connectivity index (χ1v) is 9.01. The summed E-state index contributed by atoms with van der Waals surface area (Å²) < 4.78 is 58.7. The summed E-state index contributed by atoms with van der Waals surface area (Å²) >= 11 is 5.76. The topological polar surface area (TPSA) is 119 Å². The fraction of sp³-hybridized carbons (Fsp3) is 0.143. The summed E-state index contributed by atoms with van der Waals surface area (Å²) in [5.74, 6) is -0.739. The van der Waals surface area contributed by atoms with Gasteiger partial charge in [-0.25, -0.2) is 5.21 Å². The molecule has 0 amide bonds. The zero-order valence-corrected chi connectivity index (χ0v) is 14.7. The zero-order chi connectivity index (χ0) is 20.4. The van der Waals surface area contributed by atoms with Crippen LogP contribution in [0.3, 0.4) is 0 Å². The molecule has 0 aromatic heterocycles. The van der Waals surface area contributed by atoms with E-state index in [4.69, 9.17) is 31.2 Å². The van der Waals surface area contributed by atoms with Gasteiger partial charge in [0.25, 0.3) is 4.92 Å². The van der Waals surface area contributed by atoms with Crippen LogP contribution in [0.4, 0.5) is 18.9 Å². The number of hydrogen-bond donors (Lipinski definition) is 2. The van der Waals surface area contributed by atoms with Crippen molar-refractivity contribution < 1.29 is 47.1 Å². The summed E-state index contributed by atoms with van der Waals surface area (Å²) in [5.41, 5.74) is -1.50. The van der Waals surface area contributed by atoms with E-state index in [0.29, 0.717) is 6.07 Å². The average Bonchev–Trinajstić information content (AvgIpc) is 2.53. The fourth-order valence-corrected chi connectivity index (χ4v) is 2.39. The van der Waals surface area contributed by atoms with Crippen LogP contribution < -0.4 is 14.4 Å². The molecule has 0 aliphatic carbocycles. The van der Waals surface area contributed by atoms with Gasteiger partial charge in [0.05, 0.1) is 15.5 Å². The second-order valence-corrected chi connectivity index (χ2v) is 7.00. The third kappa shape index (κ3) is 5.83. The van der Waals surface area contributed by atoms with Crippen molar-refractivity contribution in [2.75, 3.05) is 6.35 Å². The lowest BCUT2D eigenvalue weighted by atomic mass is 10.2. The van der Waals surface area contributed by atoms with Crippen LogP contribution in [0.1, 0.15) is 5.56 Å². The molecule has 8 nitrogen and oxygen atoms in total. The lowest BCUT2D eigenvalue weighted by molar-refractivity contribution is -0.730. The van der Waals surface area contributed by atoms with Crippen molar-refractivity contribution in [1.29, 1.82) is 0 Å². The van der Waals surface area contributed by atoms with Gasteiger partial charge in [0.1, 0.15) is 11.5 Å². The van der Waals surface area contributed by atoms with Crippen LogP contribution in [-0.4, -0.2) is 21.4 Å². The first-order valence-electron chi connectivity index (χ1n) is 6.87. The van der Waals surface area contributed by atoms with Crippen LogP contribution in [-0.2, 0) is 10.7 Å². The lowest BCUT2D eigenvalue weighted by Gasteiger charge is -2.16. The fourth-order valence-electron chi connectivity index (χ4n) is 1.87. The molecular formula is C14H10ClF3NO7P. The van der Waals surface area contributed by atoms with Gasteiger partial charge in [-0.2, -0.15) is 13.2 Å². The second kappa shape index (κ2) is 7.73. The van der Waals surface area contributed by atoms with Crippen molar-refractivity contribution in [3.05, 3.63) is 51.9 Å². The Hall–Kier alpha value is -2.33. The predicted octanol–water partition coefficient (Wildman–Crippen LogP) is 3.83. The minimum absolute atomic E-state index is 0.101. The van der Waals surface area contributed by atoms with E-state index >= 15 is 0 Å². The quantitative estimate of drug-likeness (QED) is 0.531. The number of hydrogen-bond acceptors (Lipinski definition) is 5. The molecular weight excluding hydrogens is 418 g/mol. The van der Waals surface area contributed by atoms with E-state index < -0.39 is 42.0 Å². The van der Waals surface area contributed by atoms with E-state index in [2.05, 4.69) is 0 Å². The summed E-state index contributed by atoms with van der Waals surface area (Å²) in [7, 11) is -4.84. The summed E-state index contributed by atoms with van der Waals surface area (Å²) in [6, 6.07) is 5.45. The van der Waals surface area contributed by atoms with E-state index in [1.54, 1.807) is 0 Å². The van der Waals surface area contributed by atoms with Gasteiger partial charge in [-0.05, 0) is 24.3 Å². The molecule has 13 heteroatoms. The van der Waals surface area contributed by atoms with Crippen molar-refractivity contribution in [2.24, 2.45) is 0 Å². The SMILES string of the molecule is O=[N+](O)c1ccc(Oc2ccc(C(F)(F)F)cc2Cl)cc1OCP(=O)([O-])O. The van der Waals surface area contributed by atoms with Gasteiger partial charge in [-0.3, -0.25) is 0 Å². The van der Waals surface area contributed by atoms with Crippen LogP contribution in [0.25, 0.3) is 0 Å². The normalized spacial score (nSPS) is 13.7. The average molecular weight is 428 g/mol. The largest absolute Gasteiger partial charge is 0.776 e. The van der Waals surface area contributed by atoms with Crippen molar-refractivity contribution in [3.8, 4) is 17.2 Å². The molecule has 0 spiro atoms. The summed E-state index contributed by atoms with van der Waals surface area (Å²) in [4.78, 5) is 30.0. The monoisotopic (exact) mass is 427 g/mol. The number of nitrogens with zero attached hydrogens (tertiary/aromatic N) is 1. The van der Waals surface area contributed by atoms with Crippen LogP contribution in [0, 0.1) is 4.91 Å². The van der Waals surface area contributed by atoms with Crippen molar-refractivity contribution in [3.63, 3.8) is 0 Å². The Morgan fingerprint density at radius 2 is 1.85 bits per heavy atom. The van der Waals surface area contributed by atoms with E-state index in [9.17, 15) is 27.5 Å². The Labute approximate surface area is 154 Å². The maximum atomic E-state index is 12.6. The summed E-state index contributed by atoms with van der Waals surface area (Å²) in [6.45, 7) is 0. The van der Waals surface area contributed by atoms with Gasteiger partial charge in [0.15, 0.2) is 13.9 Å². The van der Waals surface area contributed by atoms with Crippen LogP contribution in [0.15, 0.2) is 36.4 Å². The molecule has 1 atom stereocenters. The number of halogens is 4. The van der Waals surface area contributed by atoms with Gasteiger partial charge in [0.2, 0.25) is 5.75 Å². The van der Waals surface area contributed by atoms with Gasteiger partial charge in [-0.15, -0.1) is 0 Å². The van der Waals surface area contributed by atoms with Crippen LogP contribution in [0.5, 0.6) is 17.2 Å². The molecule has 0 bridgehead atoms. The molecule has 2 aromatic rings. The Kier molecular flexibility index (Phi) is 6.01. The highest BCUT2D eigenvalue weighted by Gasteiger charge is 2.31. The first kappa shape index (κ1) is 21.0. The maximum absolute atomic E-state index is 12.6. The molecule has 0 saturated carbocycles. The molecule has 0 radical (unpaired) electrons. The van der Waals surface area contributed by atoms with Crippen LogP contribution in [0.2, 0.25) is 5.02 Å². The molecule has 0 aliphatic rings. The summed E-state index contributed by atoms with van der Waals surface area (Å²) in [6.07, 6.45) is -5.79.